The molecule has 3 heteroatoms. The normalized spacial score (nSPS) is 27.6. The van der Waals surface area contributed by atoms with Crippen LogP contribution in [0.4, 0.5) is 0 Å². The summed E-state index contributed by atoms with van der Waals surface area (Å²) in [5.74, 6) is 1.34. The van der Waals surface area contributed by atoms with Gasteiger partial charge in [-0.1, -0.05) is 0 Å². The number of hydrogen-bond acceptors (Lipinski definition) is 2. The fraction of sp³-hybridized carbons (Fsp3) is 0.667. The average molecular weight is 165 g/mol. The van der Waals surface area contributed by atoms with Gasteiger partial charge in [0.15, 0.2) is 0 Å². The Morgan fingerprint density at radius 1 is 1.75 bits per heavy atom. The molecule has 0 aliphatic heterocycles. The van der Waals surface area contributed by atoms with E-state index in [1.165, 1.54) is 17.8 Å². The van der Waals surface area contributed by atoms with Gasteiger partial charge in [0.25, 0.3) is 0 Å². The Morgan fingerprint density at radius 3 is 2.92 bits per heavy atom. The quantitative estimate of drug-likeness (QED) is 0.704. The third-order valence-corrected chi connectivity index (χ3v) is 2.74. The predicted octanol–water partition coefficient (Wildman–Crippen LogP) is 0.791. The molecule has 2 N–H and O–H groups in total. The maximum Gasteiger partial charge on any atom is 0.0661 e. The lowest BCUT2D eigenvalue weighted by molar-refractivity contribution is 0.709. The number of aryl methyl sites for hydroxylation is 2. The molecule has 1 aliphatic rings. The summed E-state index contributed by atoms with van der Waals surface area (Å²) in [6, 6.07) is 2.17. The molecule has 1 aromatic heterocycles. The molecule has 0 spiro atoms. The molecule has 66 valence electrons. The summed E-state index contributed by atoms with van der Waals surface area (Å²) >= 11 is 0. The SMILES string of the molecule is Cc1cc(C2CC2CN)nn1C. The molecule has 0 amide bonds. The maximum atomic E-state index is 5.57. The summed E-state index contributed by atoms with van der Waals surface area (Å²) in [6.07, 6.45) is 1.23. The van der Waals surface area contributed by atoms with Gasteiger partial charge >= 0.3 is 0 Å². The number of nitrogens with two attached hydrogens (primary N) is 1. The Kier molecular flexibility index (Phi) is 1.68. The van der Waals surface area contributed by atoms with Crippen LogP contribution in [0.15, 0.2) is 6.07 Å². The van der Waals surface area contributed by atoms with Crippen LogP contribution in [0.5, 0.6) is 0 Å². The number of nitrogens with zero attached hydrogens (tertiary/aromatic N) is 2. The van der Waals surface area contributed by atoms with Crippen molar-refractivity contribution in [2.75, 3.05) is 6.54 Å². The highest BCUT2D eigenvalue weighted by molar-refractivity contribution is 5.20. The number of rotatable bonds is 2. The Hall–Kier alpha value is -0.830. The van der Waals surface area contributed by atoms with E-state index in [0.717, 1.165) is 6.54 Å². The van der Waals surface area contributed by atoms with Crippen LogP contribution in [0, 0.1) is 12.8 Å². The number of hydrogen-bond donors (Lipinski definition) is 1. The van der Waals surface area contributed by atoms with Crippen LogP contribution < -0.4 is 5.73 Å². The predicted molar refractivity (Wildman–Crippen MR) is 47.8 cm³/mol. The van der Waals surface area contributed by atoms with Gasteiger partial charge in [0.1, 0.15) is 0 Å². The lowest BCUT2D eigenvalue weighted by Crippen LogP contribution is -2.02. The summed E-state index contributed by atoms with van der Waals surface area (Å²) in [5.41, 5.74) is 8.03. The van der Waals surface area contributed by atoms with E-state index in [-0.39, 0.29) is 0 Å². The fourth-order valence-corrected chi connectivity index (χ4v) is 1.64. The van der Waals surface area contributed by atoms with E-state index in [9.17, 15) is 0 Å². The van der Waals surface area contributed by atoms with Crippen LogP contribution in [0.3, 0.4) is 0 Å². The minimum absolute atomic E-state index is 0.648. The van der Waals surface area contributed by atoms with Crippen LogP contribution in [-0.2, 0) is 7.05 Å². The minimum Gasteiger partial charge on any atom is -0.330 e. The second-order valence-electron chi connectivity index (χ2n) is 3.67. The minimum atomic E-state index is 0.648. The highest BCUT2D eigenvalue weighted by Crippen LogP contribution is 2.45. The molecular formula is C9H15N3. The van der Waals surface area contributed by atoms with E-state index >= 15 is 0 Å². The van der Waals surface area contributed by atoms with Crippen LogP contribution in [0.2, 0.25) is 0 Å². The van der Waals surface area contributed by atoms with Crippen molar-refractivity contribution in [3.63, 3.8) is 0 Å². The van der Waals surface area contributed by atoms with E-state index in [2.05, 4.69) is 18.1 Å². The summed E-state index contributed by atoms with van der Waals surface area (Å²) in [5, 5.41) is 4.43. The van der Waals surface area contributed by atoms with Crippen molar-refractivity contribution in [2.45, 2.75) is 19.3 Å². The zero-order chi connectivity index (χ0) is 8.72. The molecule has 1 fully saturated rings. The third-order valence-electron chi connectivity index (χ3n) is 2.74. The van der Waals surface area contributed by atoms with Gasteiger partial charge in [-0.3, -0.25) is 4.68 Å². The lowest BCUT2D eigenvalue weighted by atomic mass is 10.2. The first-order chi connectivity index (χ1) is 5.72. The Morgan fingerprint density at radius 2 is 2.50 bits per heavy atom. The van der Waals surface area contributed by atoms with Crippen LogP contribution in [0.25, 0.3) is 0 Å². The molecule has 1 aliphatic carbocycles. The smallest absolute Gasteiger partial charge is 0.0661 e. The van der Waals surface area contributed by atoms with E-state index < -0.39 is 0 Å². The molecule has 1 heterocycles. The molecular weight excluding hydrogens is 150 g/mol. The van der Waals surface area contributed by atoms with Gasteiger partial charge in [0, 0.05) is 18.7 Å². The zero-order valence-corrected chi connectivity index (χ0v) is 7.62. The standard InChI is InChI=1S/C9H15N3/c1-6-3-9(11-12(6)2)8-4-7(8)5-10/h3,7-8H,4-5,10H2,1-2H3. The molecule has 2 atom stereocenters. The fourth-order valence-electron chi connectivity index (χ4n) is 1.64. The second-order valence-corrected chi connectivity index (χ2v) is 3.67. The van der Waals surface area contributed by atoms with Gasteiger partial charge in [-0.25, -0.2) is 0 Å². The van der Waals surface area contributed by atoms with Crippen molar-refractivity contribution in [3.8, 4) is 0 Å². The molecule has 1 saturated carbocycles. The molecule has 3 nitrogen and oxygen atoms in total. The van der Waals surface area contributed by atoms with E-state index in [1.807, 2.05) is 11.7 Å². The van der Waals surface area contributed by atoms with Crippen LogP contribution in [-0.4, -0.2) is 16.3 Å². The first kappa shape index (κ1) is 7.80. The Bertz CT molecular complexity index is 270. The summed E-state index contributed by atoms with van der Waals surface area (Å²) in [6.45, 7) is 2.89. The van der Waals surface area contributed by atoms with Crippen molar-refractivity contribution in [1.82, 2.24) is 9.78 Å². The Balaban J connectivity index is 2.15. The largest absolute Gasteiger partial charge is 0.330 e. The summed E-state index contributed by atoms with van der Waals surface area (Å²) < 4.78 is 1.93. The maximum absolute atomic E-state index is 5.57. The molecule has 2 rings (SSSR count). The van der Waals surface area contributed by atoms with Gasteiger partial charge in [-0.2, -0.15) is 5.10 Å². The molecule has 0 radical (unpaired) electrons. The van der Waals surface area contributed by atoms with Crippen molar-refractivity contribution < 1.29 is 0 Å². The highest BCUT2D eigenvalue weighted by Gasteiger charge is 2.38. The average Bonchev–Trinajstić information content (AvgIpc) is 2.75. The first-order valence-electron chi connectivity index (χ1n) is 4.43. The van der Waals surface area contributed by atoms with Crippen molar-refractivity contribution in [3.05, 3.63) is 17.5 Å². The van der Waals surface area contributed by atoms with Gasteiger partial charge < -0.3 is 5.73 Å². The molecule has 0 aromatic carbocycles. The van der Waals surface area contributed by atoms with Crippen molar-refractivity contribution in [1.29, 1.82) is 0 Å². The van der Waals surface area contributed by atoms with Crippen molar-refractivity contribution >= 4 is 0 Å². The molecule has 12 heavy (non-hydrogen) atoms. The third kappa shape index (κ3) is 1.14. The molecule has 0 saturated heterocycles. The van der Waals surface area contributed by atoms with Crippen LogP contribution in [0.1, 0.15) is 23.7 Å². The monoisotopic (exact) mass is 165 g/mol. The van der Waals surface area contributed by atoms with Gasteiger partial charge in [0.2, 0.25) is 0 Å². The Labute approximate surface area is 72.6 Å². The van der Waals surface area contributed by atoms with Gasteiger partial charge in [0.05, 0.1) is 5.69 Å². The van der Waals surface area contributed by atoms with Crippen molar-refractivity contribution in [2.24, 2.45) is 18.7 Å². The second kappa shape index (κ2) is 2.59. The molecule has 0 bridgehead atoms. The highest BCUT2D eigenvalue weighted by atomic mass is 15.3. The topological polar surface area (TPSA) is 43.8 Å². The van der Waals surface area contributed by atoms with E-state index in [4.69, 9.17) is 5.73 Å². The summed E-state index contributed by atoms with van der Waals surface area (Å²) in [7, 11) is 1.98. The van der Waals surface area contributed by atoms with E-state index in [1.54, 1.807) is 0 Å². The summed E-state index contributed by atoms with van der Waals surface area (Å²) in [4.78, 5) is 0. The molecule has 2 unspecified atom stereocenters. The zero-order valence-electron chi connectivity index (χ0n) is 7.62. The molecule has 1 aromatic rings. The van der Waals surface area contributed by atoms with Crippen LogP contribution >= 0.6 is 0 Å². The lowest BCUT2D eigenvalue weighted by Gasteiger charge is -1.91. The first-order valence-corrected chi connectivity index (χ1v) is 4.43. The van der Waals surface area contributed by atoms with E-state index in [0.29, 0.717) is 11.8 Å². The number of aromatic nitrogens is 2. The van der Waals surface area contributed by atoms with Gasteiger partial charge in [-0.15, -0.1) is 0 Å². The van der Waals surface area contributed by atoms with Gasteiger partial charge in [-0.05, 0) is 31.9 Å².